The molecule has 2 aromatic rings. The first kappa shape index (κ1) is 18.2. The highest BCUT2D eigenvalue weighted by molar-refractivity contribution is 5.97. The van der Waals surface area contributed by atoms with Gasteiger partial charge < -0.3 is 25.0 Å². The Morgan fingerprint density at radius 1 is 1.18 bits per heavy atom. The highest BCUT2D eigenvalue weighted by atomic mass is 16.7. The molecule has 0 aliphatic carbocycles. The van der Waals surface area contributed by atoms with Gasteiger partial charge in [-0.15, -0.1) is 0 Å². The third kappa shape index (κ3) is 3.88. The molecule has 2 N–H and O–H groups in total. The van der Waals surface area contributed by atoms with Crippen molar-refractivity contribution >= 4 is 23.3 Å². The van der Waals surface area contributed by atoms with Gasteiger partial charge in [0.15, 0.2) is 11.5 Å². The van der Waals surface area contributed by atoms with Crippen LogP contribution in [0.4, 0.5) is 16.2 Å². The number of nitrogens with zero attached hydrogens (tertiary/aromatic N) is 1. The van der Waals surface area contributed by atoms with Crippen molar-refractivity contribution in [2.24, 2.45) is 0 Å². The van der Waals surface area contributed by atoms with Crippen LogP contribution in [-0.2, 0) is 11.2 Å². The van der Waals surface area contributed by atoms with E-state index in [2.05, 4.69) is 10.6 Å². The van der Waals surface area contributed by atoms with Gasteiger partial charge in [0, 0.05) is 30.4 Å². The van der Waals surface area contributed by atoms with E-state index in [0.29, 0.717) is 25.1 Å². The zero-order valence-corrected chi connectivity index (χ0v) is 15.7. The summed E-state index contributed by atoms with van der Waals surface area (Å²) in [4.78, 5) is 26.1. The summed E-state index contributed by atoms with van der Waals surface area (Å²) >= 11 is 0. The molecule has 0 saturated carbocycles. The van der Waals surface area contributed by atoms with Crippen LogP contribution in [0.1, 0.15) is 25.3 Å². The Bertz CT molecular complexity index is 899. The molecular weight excluding hydrogens is 358 g/mol. The molecule has 0 spiro atoms. The van der Waals surface area contributed by atoms with Crippen molar-refractivity contribution in [2.45, 2.75) is 32.2 Å². The molecule has 7 heteroatoms. The van der Waals surface area contributed by atoms with Crippen molar-refractivity contribution in [3.63, 3.8) is 0 Å². The van der Waals surface area contributed by atoms with Crippen LogP contribution in [0.5, 0.6) is 11.5 Å². The Hall–Kier alpha value is -3.22. The molecule has 7 nitrogen and oxygen atoms in total. The van der Waals surface area contributed by atoms with Gasteiger partial charge in [0.25, 0.3) is 0 Å². The van der Waals surface area contributed by atoms with Crippen LogP contribution >= 0.6 is 0 Å². The third-order valence-corrected chi connectivity index (χ3v) is 5.00. The lowest BCUT2D eigenvalue weighted by Gasteiger charge is -2.22. The normalized spacial score (nSPS) is 17.7. The van der Waals surface area contributed by atoms with Crippen LogP contribution in [-0.4, -0.2) is 31.3 Å². The molecule has 0 aromatic heterocycles. The Morgan fingerprint density at radius 2 is 2.04 bits per heavy atom. The fraction of sp³-hybridized carbons (Fsp3) is 0.333. The van der Waals surface area contributed by atoms with Crippen LogP contribution in [0.3, 0.4) is 0 Å². The predicted molar refractivity (Wildman–Crippen MR) is 106 cm³/mol. The van der Waals surface area contributed by atoms with Gasteiger partial charge in [0.05, 0.1) is 0 Å². The third-order valence-electron chi connectivity index (χ3n) is 5.00. The summed E-state index contributed by atoms with van der Waals surface area (Å²) in [5.41, 5.74) is 2.53. The minimum atomic E-state index is -0.279. The van der Waals surface area contributed by atoms with E-state index in [4.69, 9.17) is 9.47 Å². The number of carbonyl (C=O) groups excluding carboxylic acids is 2. The van der Waals surface area contributed by atoms with Gasteiger partial charge >= 0.3 is 6.03 Å². The monoisotopic (exact) mass is 381 g/mol. The Morgan fingerprint density at radius 3 is 2.86 bits per heavy atom. The number of hydrogen-bond donors (Lipinski definition) is 2. The number of benzene rings is 2. The number of amides is 3. The minimum absolute atomic E-state index is 0.123. The average Bonchev–Trinajstić information content (AvgIpc) is 3.27. The summed E-state index contributed by atoms with van der Waals surface area (Å²) in [6.45, 7) is 2.78. The maximum absolute atomic E-state index is 12.2. The van der Waals surface area contributed by atoms with Gasteiger partial charge in [0.2, 0.25) is 12.7 Å². The Kier molecular flexibility index (Phi) is 5.06. The quantitative estimate of drug-likeness (QED) is 0.833. The maximum Gasteiger partial charge on any atom is 0.319 e. The van der Waals surface area contributed by atoms with Gasteiger partial charge in [-0.1, -0.05) is 12.1 Å². The van der Waals surface area contributed by atoms with Crippen LogP contribution in [0.2, 0.25) is 0 Å². The van der Waals surface area contributed by atoms with E-state index in [-0.39, 0.29) is 24.8 Å². The topological polar surface area (TPSA) is 79.9 Å². The predicted octanol–water partition coefficient (Wildman–Crippen LogP) is 3.29. The second kappa shape index (κ2) is 7.80. The molecule has 1 fully saturated rings. The summed E-state index contributed by atoms with van der Waals surface area (Å²) in [6, 6.07) is 13.0. The van der Waals surface area contributed by atoms with E-state index in [1.54, 1.807) is 4.90 Å². The number of fused-ring (bicyclic) bond motifs is 1. The Balaban J connectivity index is 1.30. The van der Waals surface area contributed by atoms with Crippen LogP contribution in [0.15, 0.2) is 42.5 Å². The molecule has 0 bridgehead atoms. The SMILES string of the molecule is C[C@H]1CCC(=O)N1c1cccc(NC(=O)NCCc2ccc3c(c2)OCO3)c1. The van der Waals surface area contributed by atoms with Crippen LogP contribution in [0, 0.1) is 0 Å². The van der Waals surface area contributed by atoms with Gasteiger partial charge in [-0.3, -0.25) is 4.79 Å². The second-order valence-electron chi connectivity index (χ2n) is 7.02. The lowest BCUT2D eigenvalue weighted by atomic mass is 10.1. The standard InChI is InChI=1S/C21H23N3O4/c1-14-5-8-20(25)24(14)17-4-2-3-16(12-17)23-21(26)22-10-9-15-6-7-18-19(11-15)28-13-27-18/h2-4,6-7,11-12,14H,5,8-10,13H2,1H3,(H2,22,23,26)/t14-/m0/s1. The first-order chi connectivity index (χ1) is 13.6. The summed E-state index contributed by atoms with van der Waals surface area (Å²) < 4.78 is 10.7. The van der Waals surface area contributed by atoms with E-state index < -0.39 is 0 Å². The smallest absolute Gasteiger partial charge is 0.319 e. The summed E-state index contributed by atoms with van der Waals surface area (Å²) in [5.74, 6) is 1.61. The largest absolute Gasteiger partial charge is 0.454 e. The van der Waals surface area contributed by atoms with Crippen molar-refractivity contribution in [3.05, 3.63) is 48.0 Å². The number of ether oxygens (including phenoxy) is 2. The van der Waals surface area contributed by atoms with Gasteiger partial charge in [-0.2, -0.15) is 0 Å². The van der Waals surface area contributed by atoms with Crippen molar-refractivity contribution in [1.29, 1.82) is 0 Å². The molecular formula is C21H23N3O4. The fourth-order valence-corrected chi connectivity index (χ4v) is 3.55. The highest BCUT2D eigenvalue weighted by Gasteiger charge is 2.28. The molecule has 1 saturated heterocycles. The van der Waals surface area contributed by atoms with Gasteiger partial charge in [-0.25, -0.2) is 4.79 Å². The first-order valence-electron chi connectivity index (χ1n) is 9.45. The number of hydrogen-bond acceptors (Lipinski definition) is 4. The molecule has 0 unspecified atom stereocenters. The number of anilines is 2. The van der Waals surface area contributed by atoms with E-state index >= 15 is 0 Å². The molecule has 4 rings (SSSR count). The zero-order valence-electron chi connectivity index (χ0n) is 15.7. The summed E-state index contributed by atoms with van der Waals surface area (Å²) in [5, 5.41) is 5.68. The van der Waals surface area contributed by atoms with Crippen molar-refractivity contribution < 1.29 is 19.1 Å². The number of nitrogens with one attached hydrogen (secondary N) is 2. The lowest BCUT2D eigenvalue weighted by molar-refractivity contribution is -0.117. The van der Waals surface area contributed by atoms with Crippen LogP contribution < -0.4 is 25.0 Å². The van der Waals surface area contributed by atoms with E-state index in [9.17, 15) is 9.59 Å². The van der Waals surface area contributed by atoms with E-state index in [1.165, 1.54) is 0 Å². The summed E-state index contributed by atoms with van der Waals surface area (Å²) in [6.07, 6.45) is 2.11. The van der Waals surface area contributed by atoms with E-state index in [1.807, 2.05) is 49.4 Å². The number of rotatable bonds is 5. The first-order valence-corrected chi connectivity index (χ1v) is 9.45. The van der Waals surface area contributed by atoms with Crippen molar-refractivity contribution in [2.75, 3.05) is 23.6 Å². The van der Waals surface area contributed by atoms with Crippen LogP contribution in [0.25, 0.3) is 0 Å². The fourth-order valence-electron chi connectivity index (χ4n) is 3.55. The van der Waals surface area contributed by atoms with Gasteiger partial charge in [-0.05, 0) is 55.7 Å². The molecule has 0 radical (unpaired) electrons. The molecule has 2 aromatic carbocycles. The number of carbonyl (C=O) groups is 2. The lowest BCUT2D eigenvalue weighted by Crippen LogP contribution is -2.32. The molecule has 2 aliphatic rings. The zero-order chi connectivity index (χ0) is 19.5. The average molecular weight is 381 g/mol. The molecule has 1 atom stereocenters. The summed E-state index contributed by atoms with van der Waals surface area (Å²) in [7, 11) is 0. The van der Waals surface area contributed by atoms with Crippen molar-refractivity contribution in [1.82, 2.24) is 5.32 Å². The molecule has 2 aliphatic heterocycles. The maximum atomic E-state index is 12.2. The molecule has 2 heterocycles. The molecule has 3 amide bonds. The molecule has 28 heavy (non-hydrogen) atoms. The van der Waals surface area contributed by atoms with Gasteiger partial charge in [0.1, 0.15) is 0 Å². The Labute approximate surface area is 163 Å². The highest BCUT2D eigenvalue weighted by Crippen LogP contribution is 2.32. The number of urea groups is 1. The van der Waals surface area contributed by atoms with Crippen molar-refractivity contribution in [3.8, 4) is 11.5 Å². The van der Waals surface area contributed by atoms with E-state index in [0.717, 1.165) is 29.2 Å². The minimum Gasteiger partial charge on any atom is -0.454 e. The molecule has 146 valence electrons. The second-order valence-corrected chi connectivity index (χ2v) is 7.02.